The van der Waals surface area contributed by atoms with Crippen LogP contribution in [0.4, 0.5) is 0 Å². The van der Waals surface area contributed by atoms with E-state index in [0.29, 0.717) is 30.9 Å². The minimum absolute atomic E-state index is 0.391. The van der Waals surface area contributed by atoms with Crippen LogP contribution >= 0.6 is 0 Å². The summed E-state index contributed by atoms with van der Waals surface area (Å²) in [6, 6.07) is 3.47. The second-order valence-electron chi connectivity index (χ2n) is 5.53. The van der Waals surface area contributed by atoms with E-state index in [2.05, 4.69) is 9.88 Å². The van der Waals surface area contributed by atoms with Crippen molar-refractivity contribution < 1.29 is 9.52 Å². The zero-order valence-corrected chi connectivity index (χ0v) is 12.2. The molecule has 2 aromatic heterocycles. The molecule has 0 bridgehead atoms. The monoisotopic (exact) mass is 279 g/mol. The van der Waals surface area contributed by atoms with Crippen LogP contribution in [0.5, 0.6) is 0 Å². The van der Waals surface area contributed by atoms with Crippen LogP contribution in [0.15, 0.2) is 27.5 Å². The van der Waals surface area contributed by atoms with Gasteiger partial charge in [-0.3, -0.25) is 9.47 Å². The highest BCUT2D eigenvalue weighted by atomic mass is 16.4. The summed E-state index contributed by atoms with van der Waals surface area (Å²) >= 11 is 0. The van der Waals surface area contributed by atoms with Crippen molar-refractivity contribution in [3.63, 3.8) is 0 Å². The number of hydrogen-bond donors (Lipinski definition) is 1. The van der Waals surface area contributed by atoms with Crippen molar-refractivity contribution in [1.29, 1.82) is 0 Å². The first kappa shape index (κ1) is 14.7. The van der Waals surface area contributed by atoms with Gasteiger partial charge in [-0.1, -0.05) is 6.92 Å². The van der Waals surface area contributed by atoms with Gasteiger partial charge < -0.3 is 9.52 Å². The summed E-state index contributed by atoms with van der Waals surface area (Å²) in [7, 11) is 0. The van der Waals surface area contributed by atoms with E-state index in [1.807, 2.05) is 6.92 Å². The molecule has 2 heterocycles. The number of aromatic nitrogens is 2. The van der Waals surface area contributed by atoms with Gasteiger partial charge in [0.1, 0.15) is 0 Å². The van der Waals surface area contributed by atoms with Crippen molar-refractivity contribution >= 4 is 11.2 Å². The molecule has 0 fully saturated rings. The number of rotatable bonds is 6. The number of pyridine rings is 1. The van der Waals surface area contributed by atoms with E-state index in [4.69, 9.17) is 4.42 Å². The predicted molar refractivity (Wildman–Crippen MR) is 76.7 cm³/mol. The van der Waals surface area contributed by atoms with Gasteiger partial charge in [-0.15, -0.1) is 0 Å². The fraction of sp³-hybridized carbons (Fsp3) is 0.571. The van der Waals surface area contributed by atoms with Gasteiger partial charge in [-0.2, -0.15) is 0 Å². The highest BCUT2D eigenvalue weighted by molar-refractivity contribution is 5.67. The van der Waals surface area contributed by atoms with E-state index in [1.165, 1.54) is 4.57 Å². The molecule has 0 saturated carbocycles. The molecule has 1 N–H and O–H groups in total. The van der Waals surface area contributed by atoms with E-state index in [1.54, 1.807) is 32.2 Å². The lowest BCUT2D eigenvalue weighted by molar-refractivity contribution is 0.0368. The molecule has 6 heteroatoms. The Hall–Kier alpha value is -1.66. The molecule has 2 rings (SSSR count). The Morgan fingerprint density at radius 3 is 2.90 bits per heavy atom. The lowest BCUT2D eigenvalue weighted by Crippen LogP contribution is -2.40. The van der Waals surface area contributed by atoms with E-state index >= 15 is 0 Å². The number of fused-ring (bicyclic) bond motifs is 1. The standard InChI is InChI=1S/C14H21N3O3/c1-4-16(10-14(2,3)19)8-9-17-12-11(20-13(17)18)6-5-7-15-12/h5-7,19H,4,8-10H2,1-3H3. The summed E-state index contributed by atoms with van der Waals surface area (Å²) < 4.78 is 6.67. The van der Waals surface area contributed by atoms with Crippen LogP contribution in [0.25, 0.3) is 11.2 Å². The number of oxazole rings is 1. The molecule has 0 atom stereocenters. The zero-order chi connectivity index (χ0) is 14.8. The van der Waals surface area contributed by atoms with Crippen molar-refractivity contribution in [2.75, 3.05) is 19.6 Å². The fourth-order valence-corrected chi connectivity index (χ4v) is 2.24. The maximum Gasteiger partial charge on any atom is 0.421 e. The Labute approximate surface area is 117 Å². The molecule has 0 aliphatic rings. The molecular weight excluding hydrogens is 258 g/mol. The Bertz CT molecular complexity index is 624. The third-order valence-corrected chi connectivity index (χ3v) is 3.12. The molecule has 0 unspecified atom stereocenters. The Morgan fingerprint density at radius 1 is 1.50 bits per heavy atom. The SMILES string of the molecule is CCN(CCn1c(=O)oc2cccnc21)CC(C)(C)O. The average molecular weight is 279 g/mol. The summed E-state index contributed by atoms with van der Waals surface area (Å²) in [6.07, 6.45) is 1.64. The predicted octanol–water partition coefficient (Wildman–Crippen LogP) is 1.08. The van der Waals surface area contributed by atoms with Crippen LogP contribution < -0.4 is 5.76 Å². The number of nitrogens with zero attached hydrogens (tertiary/aromatic N) is 3. The summed E-state index contributed by atoms with van der Waals surface area (Å²) in [5, 5.41) is 9.86. The molecule has 110 valence electrons. The second kappa shape index (κ2) is 5.76. The summed E-state index contributed by atoms with van der Waals surface area (Å²) in [6.45, 7) is 8.09. The molecule has 2 aromatic rings. The fourth-order valence-electron chi connectivity index (χ4n) is 2.24. The second-order valence-corrected chi connectivity index (χ2v) is 5.53. The molecule has 0 amide bonds. The number of aliphatic hydroxyl groups is 1. The Balaban J connectivity index is 2.12. The van der Waals surface area contributed by atoms with E-state index < -0.39 is 11.4 Å². The molecule has 0 aliphatic carbocycles. The van der Waals surface area contributed by atoms with Crippen LogP contribution in [-0.4, -0.2) is 44.8 Å². The maximum atomic E-state index is 11.8. The van der Waals surface area contributed by atoms with Gasteiger partial charge in [0, 0.05) is 25.8 Å². The molecule has 6 nitrogen and oxygen atoms in total. The van der Waals surface area contributed by atoms with Gasteiger partial charge in [0.05, 0.1) is 5.60 Å². The first-order valence-electron chi connectivity index (χ1n) is 6.80. The van der Waals surface area contributed by atoms with Gasteiger partial charge in [0.25, 0.3) is 0 Å². The molecule has 20 heavy (non-hydrogen) atoms. The Kier molecular flexibility index (Phi) is 4.25. The molecule has 0 radical (unpaired) electrons. The van der Waals surface area contributed by atoms with Crippen LogP contribution in [0.2, 0.25) is 0 Å². The molecule has 0 spiro atoms. The summed E-state index contributed by atoms with van der Waals surface area (Å²) in [5.74, 6) is -0.391. The topological polar surface area (TPSA) is 71.5 Å². The normalized spacial score (nSPS) is 12.4. The lowest BCUT2D eigenvalue weighted by Gasteiger charge is -2.27. The average Bonchev–Trinajstić information content (AvgIpc) is 2.69. The van der Waals surface area contributed by atoms with E-state index in [9.17, 15) is 9.90 Å². The van der Waals surface area contributed by atoms with E-state index in [-0.39, 0.29) is 0 Å². The minimum atomic E-state index is -0.752. The summed E-state index contributed by atoms with van der Waals surface area (Å²) in [5.41, 5.74) is 0.317. The first-order chi connectivity index (χ1) is 9.40. The van der Waals surface area contributed by atoms with Crippen LogP contribution in [-0.2, 0) is 6.54 Å². The van der Waals surface area contributed by atoms with Crippen LogP contribution in [0, 0.1) is 0 Å². The van der Waals surface area contributed by atoms with Crippen molar-refractivity contribution in [3.8, 4) is 0 Å². The highest BCUT2D eigenvalue weighted by Gasteiger charge is 2.18. The van der Waals surface area contributed by atoms with Crippen molar-refractivity contribution in [1.82, 2.24) is 14.5 Å². The van der Waals surface area contributed by atoms with Crippen molar-refractivity contribution in [2.45, 2.75) is 32.9 Å². The molecular formula is C14H21N3O3. The maximum absolute atomic E-state index is 11.8. The van der Waals surface area contributed by atoms with Gasteiger partial charge in [0.15, 0.2) is 11.2 Å². The van der Waals surface area contributed by atoms with Gasteiger partial charge in [-0.05, 0) is 32.5 Å². The molecule has 0 aromatic carbocycles. The molecule has 0 saturated heterocycles. The largest absolute Gasteiger partial charge is 0.421 e. The zero-order valence-electron chi connectivity index (χ0n) is 12.2. The quantitative estimate of drug-likeness (QED) is 0.856. The van der Waals surface area contributed by atoms with Crippen LogP contribution in [0.3, 0.4) is 0 Å². The van der Waals surface area contributed by atoms with Crippen molar-refractivity contribution in [3.05, 3.63) is 28.9 Å². The van der Waals surface area contributed by atoms with Gasteiger partial charge in [-0.25, -0.2) is 9.78 Å². The highest BCUT2D eigenvalue weighted by Crippen LogP contribution is 2.09. The lowest BCUT2D eigenvalue weighted by atomic mass is 10.1. The number of hydrogen-bond acceptors (Lipinski definition) is 5. The smallest absolute Gasteiger partial charge is 0.406 e. The van der Waals surface area contributed by atoms with E-state index in [0.717, 1.165) is 6.54 Å². The van der Waals surface area contributed by atoms with Gasteiger partial charge >= 0.3 is 5.76 Å². The summed E-state index contributed by atoms with van der Waals surface area (Å²) in [4.78, 5) is 18.1. The number of likely N-dealkylation sites (N-methyl/N-ethyl adjacent to an activating group) is 1. The molecule has 0 aliphatic heterocycles. The van der Waals surface area contributed by atoms with Crippen LogP contribution in [0.1, 0.15) is 20.8 Å². The first-order valence-corrected chi connectivity index (χ1v) is 6.80. The third kappa shape index (κ3) is 3.46. The van der Waals surface area contributed by atoms with Crippen molar-refractivity contribution in [2.24, 2.45) is 0 Å². The minimum Gasteiger partial charge on any atom is -0.406 e. The third-order valence-electron chi connectivity index (χ3n) is 3.12. The van der Waals surface area contributed by atoms with Gasteiger partial charge in [0.2, 0.25) is 0 Å². The Morgan fingerprint density at radius 2 is 2.25 bits per heavy atom.